The highest BCUT2D eigenvalue weighted by Gasteiger charge is 2.33. The average Bonchev–Trinajstić information content (AvgIpc) is 2.67. The molecule has 0 aromatic heterocycles. The van der Waals surface area contributed by atoms with Crippen molar-refractivity contribution in [2.24, 2.45) is 0 Å². The molecule has 9 heteroatoms. The standard InChI is InChI=1S/C20H26N2O6Si/c1-13-18(23)22(9-8-21-20(25)27-3)16-12-15(19(24)26-2)14(11-17(16)28-13)7-10-29(4,5)6/h11-13H,8-9H2,1-6H3,(H,21,25)/t13-/m1/s1. The molecule has 1 aromatic rings. The van der Waals surface area contributed by atoms with Crippen LogP contribution in [0.2, 0.25) is 19.6 Å². The number of hydrogen-bond acceptors (Lipinski definition) is 6. The highest BCUT2D eigenvalue weighted by molar-refractivity contribution is 6.83. The molecule has 1 N–H and O–H groups in total. The molecule has 0 radical (unpaired) electrons. The van der Waals surface area contributed by atoms with Crippen LogP contribution < -0.4 is 15.0 Å². The van der Waals surface area contributed by atoms with Gasteiger partial charge in [0.15, 0.2) is 6.10 Å². The molecule has 0 unspecified atom stereocenters. The van der Waals surface area contributed by atoms with Gasteiger partial charge in [-0.05, 0) is 19.1 Å². The number of rotatable bonds is 4. The second kappa shape index (κ2) is 9.00. The zero-order chi connectivity index (χ0) is 21.8. The third-order valence-electron chi connectivity index (χ3n) is 4.08. The summed E-state index contributed by atoms with van der Waals surface area (Å²) < 4.78 is 15.2. The Kier molecular flexibility index (Phi) is 6.92. The Morgan fingerprint density at radius 1 is 1.24 bits per heavy atom. The molecule has 1 aromatic carbocycles. The van der Waals surface area contributed by atoms with Crippen LogP contribution in [0.1, 0.15) is 22.8 Å². The summed E-state index contributed by atoms with van der Waals surface area (Å²) >= 11 is 0. The van der Waals surface area contributed by atoms with Gasteiger partial charge in [-0.25, -0.2) is 9.59 Å². The number of nitrogens with one attached hydrogen (secondary N) is 1. The second-order valence-corrected chi connectivity index (χ2v) is 12.3. The van der Waals surface area contributed by atoms with Gasteiger partial charge in [0.05, 0.1) is 25.5 Å². The van der Waals surface area contributed by atoms with Crippen molar-refractivity contribution >= 4 is 31.7 Å². The van der Waals surface area contributed by atoms with Gasteiger partial charge >= 0.3 is 12.1 Å². The molecule has 0 fully saturated rings. The van der Waals surface area contributed by atoms with Crippen LogP contribution in [0.25, 0.3) is 0 Å². The zero-order valence-corrected chi connectivity index (χ0v) is 18.5. The number of anilines is 1. The topological polar surface area (TPSA) is 94.2 Å². The summed E-state index contributed by atoms with van der Waals surface area (Å²) in [6, 6.07) is 3.22. The molecule has 1 aliphatic heterocycles. The van der Waals surface area contributed by atoms with Crippen molar-refractivity contribution in [3.8, 4) is 17.2 Å². The number of hydrogen-bond donors (Lipinski definition) is 1. The van der Waals surface area contributed by atoms with Gasteiger partial charge in [-0.1, -0.05) is 25.6 Å². The first kappa shape index (κ1) is 22.3. The molecule has 2 amide bonds. The Labute approximate surface area is 171 Å². The minimum Gasteiger partial charge on any atom is -0.479 e. The van der Waals surface area contributed by atoms with Gasteiger partial charge in [0.25, 0.3) is 5.91 Å². The van der Waals surface area contributed by atoms with E-state index >= 15 is 0 Å². The molecule has 2 rings (SSSR count). The number of esters is 1. The molecule has 0 bridgehead atoms. The molecular formula is C20H26N2O6Si. The van der Waals surface area contributed by atoms with Gasteiger partial charge in [-0.2, -0.15) is 0 Å². The quantitative estimate of drug-likeness (QED) is 0.458. The summed E-state index contributed by atoms with van der Waals surface area (Å²) in [5.74, 6) is 2.70. The Bertz CT molecular complexity index is 881. The van der Waals surface area contributed by atoms with Crippen molar-refractivity contribution in [3.63, 3.8) is 0 Å². The molecule has 156 valence electrons. The van der Waals surface area contributed by atoms with E-state index in [0.717, 1.165) is 0 Å². The highest BCUT2D eigenvalue weighted by Crippen LogP contribution is 2.36. The number of ether oxygens (including phenoxy) is 3. The minimum atomic E-state index is -1.68. The maximum atomic E-state index is 12.6. The van der Waals surface area contributed by atoms with Crippen molar-refractivity contribution in [3.05, 3.63) is 23.3 Å². The van der Waals surface area contributed by atoms with Gasteiger partial charge in [0, 0.05) is 18.7 Å². The predicted molar refractivity (Wildman–Crippen MR) is 111 cm³/mol. The number of benzene rings is 1. The lowest BCUT2D eigenvalue weighted by Crippen LogP contribution is -2.47. The monoisotopic (exact) mass is 418 g/mol. The van der Waals surface area contributed by atoms with Crippen LogP contribution in [0.15, 0.2) is 12.1 Å². The molecule has 29 heavy (non-hydrogen) atoms. The molecule has 0 aliphatic carbocycles. The lowest BCUT2D eigenvalue weighted by atomic mass is 10.0. The first-order chi connectivity index (χ1) is 13.6. The number of fused-ring (bicyclic) bond motifs is 1. The maximum Gasteiger partial charge on any atom is 0.406 e. The molecule has 0 saturated carbocycles. The van der Waals surface area contributed by atoms with E-state index in [1.54, 1.807) is 19.1 Å². The predicted octanol–water partition coefficient (Wildman–Crippen LogP) is 2.17. The molecule has 1 heterocycles. The smallest absolute Gasteiger partial charge is 0.406 e. The van der Waals surface area contributed by atoms with E-state index in [-0.39, 0.29) is 24.6 Å². The van der Waals surface area contributed by atoms with Crippen LogP contribution in [-0.2, 0) is 14.3 Å². The van der Waals surface area contributed by atoms with Gasteiger partial charge in [-0.15, -0.1) is 5.54 Å². The van der Waals surface area contributed by atoms with Crippen molar-refractivity contribution in [2.45, 2.75) is 32.7 Å². The van der Waals surface area contributed by atoms with Crippen molar-refractivity contribution < 1.29 is 28.6 Å². The normalized spacial score (nSPS) is 15.4. The van der Waals surface area contributed by atoms with Crippen LogP contribution in [0.3, 0.4) is 0 Å². The average molecular weight is 419 g/mol. The lowest BCUT2D eigenvalue weighted by Gasteiger charge is -2.33. The van der Waals surface area contributed by atoms with Crippen LogP contribution >= 0.6 is 0 Å². The number of carbonyl (C=O) groups excluding carboxylic acids is 3. The highest BCUT2D eigenvalue weighted by atomic mass is 28.3. The molecule has 0 saturated heterocycles. The van der Waals surface area contributed by atoms with E-state index in [1.165, 1.54) is 19.1 Å². The molecule has 0 spiro atoms. The van der Waals surface area contributed by atoms with Gasteiger partial charge in [0.2, 0.25) is 0 Å². The zero-order valence-electron chi connectivity index (χ0n) is 17.5. The van der Waals surface area contributed by atoms with Crippen molar-refractivity contribution in [2.75, 3.05) is 32.2 Å². The van der Waals surface area contributed by atoms with Gasteiger partial charge < -0.3 is 24.4 Å². The SMILES string of the molecule is COC(=O)NCCN1C(=O)[C@@H](C)Oc2cc(C#C[Si](C)(C)C)c(C(=O)OC)cc21. The third kappa shape index (κ3) is 5.51. The van der Waals surface area contributed by atoms with Crippen LogP contribution in [0, 0.1) is 11.5 Å². The van der Waals surface area contributed by atoms with E-state index in [0.29, 0.717) is 17.0 Å². The van der Waals surface area contributed by atoms with E-state index < -0.39 is 26.2 Å². The molecule has 8 nitrogen and oxygen atoms in total. The second-order valence-electron chi connectivity index (χ2n) is 7.53. The Morgan fingerprint density at radius 3 is 2.52 bits per heavy atom. The van der Waals surface area contributed by atoms with E-state index in [9.17, 15) is 14.4 Å². The number of alkyl carbamates (subject to hydrolysis) is 1. The number of amides is 2. The van der Waals surface area contributed by atoms with Gasteiger partial charge in [-0.3, -0.25) is 4.79 Å². The first-order valence-corrected chi connectivity index (χ1v) is 12.7. The summed E-state index contributed by atoms with van der Waals surface area (Å²) in [5, 5.41) is 2.54. The van der Waals surface area contributed by atoms with Crippen LogP contribution in [0.5, 0.6) is 5.75 Å². The fourth-order valence-corrected chi connectivity index (χ4v) is 3.17. The Balaban J connectivity index is 2.49. The van der Waals surface area contributed by atoms with Crippen LogP contribution in [-0.4, -0.2) is 59.5 Å². The minimum absolute atomic E-state index is 0.176. The van der Waals surface area contributed by atoms with E-state index in [2.05, 4.69) is 41.2 Å². The largest absolute Gasteiger partial charge is 0.479 e. The van der Waals surface area contributed by atoms with E-state index in [1.807, 2.05) is 0 Å². The number of methoxy groups -OCH3 is 2. The maximum absolute atomic E-state index is 12.6. The summed E-state index contributed by atoms with van der Waals surface area (Å²) in [4.78, 5) is 37.8. The number of nitrogens with zero attached hydrogens (tertiary/aromatic N) is 1. The van der Waals surface area contributed by atoms with E-state index in [4.69, 9.17) is 9.47 Å². The summed E-state index contributed by atoms with van der Waals surface area (Å²) in [7, 11) is 0.869. The molecule has 1 atom stereocenters. The summed E-state index contributed by atoms with van der Waals surface area (Å²) in [6.07, 6.45) is -1.30. The van der Waals surface area contributed by atoms with Crippen LogP contribution in [0.4, 0.5) is 10.5 Å². The van der Waals surface area contributed by atoms with Crippen molar-refractivity contribution in [1.82, 2.24) is 5.32 Å². The molecular weight excluding hydrogens is 392 g/mol. The first-order valence-electron chi connectivity index (χ1n) is 9.16. The molecule has 1 aliphatic rings. The fourth-order valence-electron chi connectivity index (χ4n) is 2.66. The number of carbonyl (C=O) groups is 3. The summed E-state index contributed by atoms with van der Waals surface area (Å²) in [5.41, 5.74) is 4.41. The summed E-state index contributed by atoms with van der Waals surface area (Å²) in [6.45, 7) is 8.31. The van der Waals surface area contributed by atoms with Gasteiger partial charge in [0.1, 0.15) is 13.8 Å². The third-order valence-corrected chi connectivity index (χ3v) is 4.95. The fraction of sp³-hybridized carbons (Fsp3) is 0.450. The Hall–Kier alpha value is -2.99. The Morgan fingerprint density at radius 2 is 1.93 bits per heavy atom. The lowest BCUT2D eigenvalue weighted by molar-refractivity contribution is -0.125. The van der Waals surface area contributed by atoms with Crippen molar-refractivity contribution in [1.29, 1.82) is 0 Å².